The fourth-order valence-corrected chi connectivity index (χ4v) is 3.12. The third-order valence-corrected chi connectivity index (χ3v) is 4.59. The van der Waals surface area contributed by atoms with Crippen LogP contribution < -0.4 is 5.73 Å². The van der Waals surface area contributed by atoms with Crippen molar-refractivity contribution in [3.05, 3.63) is 46.6 Å². The molecule has 0 spiro atoms. The molecule has 0 saturated carbocycles. The van der Waals surface area contributed by atoms with Gasteiger partial charge in [0.25, 0.3) is 0 Å². The lowest BCUT2D eigenvalue weighted by Gasteiger charge is -2.33. The summed E-state index contributed by atoms with van der Waals surface area (Å²) in [6, 6.07) is 7.43. The van der Waals surface area contributed by atoms with Crippen LogP contribution in [0.2, 0.25) is 5.02 Å². The lowest BCUT2D eigenvalue weighted by atomic mass is 9.87. The summed E-state index contributed by atoms with van der Waals surface area (Å²) in [6.45, 7) is 2.74. The molecule has 3 N–H and O–H groups in total. The van der Waals surface area contributed by atoms with Gasteiger partial charge in [-0.1, -0.05) is 28.9 Å². The van der Waals surface area contributed by atoms with Crippen molar-refractivity contribution in [2.45, 2.75) is 32.0 Å². The fourth-order valence-electron chi connectivity index (χ4n) is 3.00. The number of aliphatic hydroxyl groups excluding tert-OH is 1. The van der Waals surface area contributed by atoms with E-state index in [0.717, 1.165) is 31.5 Å². The van der Waals surface area contributed by atoms with Gasteiger partial charge in [0.15, 0.2) is 5.82 Å². The highest BCUT2D eigenvalue weighted by molar-refractivity contribution is 6.30. The van der Waals surface area contributed by atoms with E-state index in [0.29, 0.717) is 23.3 Å². The summed E-state index contributed by atoms with van der Waals surface area (Å²) in [4.78, 5) is 6.50. The van der Waals surface area contributed by atoms with Gasteiger partial charge in [-0.25, -0.2) is 0 Å². The Bertz CT molecular complexity index is 627. The van der Waals surface area contributed by atoms with E-state index in [9.17, 15) is 5.11 Å². The summed E-state index contributed by atoms with van der Waals surface area (Å²) >= 11 is 5.89. The third-order valence-electron chi connectivity index (χ3n) is 4.34. The lowest BCUT2D eigenvalue weighted by Crippen LogP contribution is -2.35. The maximum absolute atomic E-state index is 10.5. The largest absolute Gasteiger partial charge is 0.388 e. The monoisotopic (exact) mass is 372 g/mol. The maximum Gasteiger partial charge on any atom is 0.240 e. The average Bonchev–Trinajstić information content (AvgIpc) is 3.03. The first-order valence-electron chi connectivity index (χ1n) is 7.83. The first-order chi connectivity index (χ1) is 11.2. The summed E-state index contributed by atoms with van der Waals surface area (Å²) < 4.78 is 5.02. The van der Waals surface area contributed by atoms with Crippen LogP contribution in [0.15, 0.2) is 28.8 Å². The van der Waals surface area contributed by atoms with E-state index in [1.807, 2.05) is 24.3 Å². The van der Waals surface area contributed by atoms with E-state index in [-0.39, 0.29) is 24.9 Å². The van der Waals surface area contributed by atoms with Gasteiger partial charge in [0.05, 0.1) is 19.2 Å². The Balaban J connectivity index is 0.00000208. The smallest absolute Gasteiger partial charge is 0.240 e. The Labute approximate surface area is 152 Å². The molecule has 1 unspecified atom stereocenters. The highest BCUT2D eigenvalue weighted by Crippen LogP contribution is 2.31. The normalized spacial score (nSPS) is 17.5. The van der Waals surface area contributed by atoms with Crippen LogP contribution in [0.4, 0.5) is 0 Å². The number of aromatic nitrogens is 2. The van der Waals surface area contributed by atoms with Gasteiger partial charge < -0.3 is 15.4 Å². The Kier molecular flexibility index (Phi) is 7.01. The van der Waals surface area contributed by atoms with Crippen LogP contribution in [0.3, 0.4) is 0 Å². The van der Waals surface area contributed by atoms with E-state index in [4.69, 9.17) is 21.9 Å². The van der Waals surface area contributed by atoms with Crippen LogP contribution in [0, 0.1) is 5.92 Å². The third kappa shape index (κ3) is 4.68. The number of benzene rings is 1. The second kappa shape index (κ2) is 8.78. The molecule has 1 aliphatic rings. The van der Waals surface area contributed by atoms with Crippen molar-refractivity contribution in [1.29, 1.82) is 0 Å². The molecule has 1 aromatic carbocycles. The quantitative estimate of drug-likeness (QED) is 0.838. The van der Waals surface area contributed by atoms with Gasteiger partial charge in [0.2, 0.25) is 5.89 Å². The number of piperidine rings is 1. The van der Waals surface area contributed by atoms with E-state index >= 15 is 0 Å². The summed E-state index contributed by atoms with van der Waals surface area (Å²) in [5.74, 6) is 1.40. The summed E-state index contributed by atoms with van der Waals surface area (Å²) in [5, 5.41) is 15.1. The van der Waals surface area contributed by atoms with Crippen molar-refractivity contribution in [3.8, 4) is 0 Å². The topological polar surface area (TPSA) is 88.4 Å². The van der Waals surface area contributed by atoms with Gasteiger partial charge >= 0.3 is 0 Å². The van der Waals surface area contributed by atoms with Gasteiger partial charge in [-0.2, -0.15) is 4.98 Å². The molecular formula is C16H22Cl2N4O2. The van der Waals surface area contributed by atoms with Crippen molar-refractivity contribution in [1.82, 2.24) is 15.0 Å². The molecule has 1 fully saturated rings. The predicted octanol–water partition coefficient (Wildman–Crippen LogP) is 2.55. The Hall–Kier alpha value is -1.18. The van der Waals surface area contributed by atoms with Gasteiger partial charge in [-0.3, -0.25) is 4.90 Å². The molecule has 0 bridgehead atoms. The Morgan fingerprint density at radius 1 is 1.29 bits per heavy atom. The second-order valence-electron chi connectivity index (χ2n) is 5.92. The molecule has 1 atom stereocenters. The minimum absolute atomic E-state index is 0. The van der Waals surface area contributed by atoms with Crippen molar-refractivity contribution in [2.75, 3.05) is 13.1 Å². The van der Waals surface area contributed by atoms with Gasteiger partial charge in [-0.05, 0) is 49.5 Å². The number of rotatable bonds is 5. The molecular weight excluding hydrogens is 351 g/mol. The zero-order valence-corrected chi connectivity index (χ0v) is 14.8. The lowest BCUT2D eigenvalue weighted by molar-refractivity contribution is 0.0558. The van der Waals surface area contributed by atoms with E-state index in [1.165, 1.54) is 0 Å². The zero-order chi connectivity index (χ0) is 16.2. The van der Waals surface area contributed by atoms with Crippen molar-refractivity contribution < 1.29 is 9.63 Å². The highest BCUT2D eigenvalue weighted by atomic mass is 35.5. The van der Waals surface area contributed by atoms with Gasteiger partial charge in [0.1, 0.15) is 0 Å². The summed E-state index contributed by atoms with van der Waals surface area (Å²) in [6.07, 6.45) is 1.43. The maximum atomic E-state index is 10.5. The van der Waals surface area contributed by atoms with E-state index < -0.39 is 6.10 Å². The van der Waals surface area contributed by atoms with E-state index in [1.54, 1.807) is 0 Å². The molecule has 2 aromatic rings. The number of likely N-dealkylation sites (tertiary alicyclic amines) is 1. The van der Waals surface area contributed by atoms with Crippen LogP contribution in [-0.2, 0) is 13.1 Å². The standard InChI is InChI=1S/C16H21ClN4O2.ClH/c17-13-3-1-11(2-4-13)16(22)12-5-7-21(8-6-12)10-14-19-15(9-18)23-20-14;/h1-4,12,16,22H,5-10,18H2;1H. The first kappa shape index (κ1) is 19.1. The molecule has 0 aliphatic carbocycles. The highest BCUT2D eigenvalue weighted by Gasteiger charge is 2.26. The van der Waals surface area contributed by atoms with Crippen molar-refractivity contribution in [3.63, 3.8) is 0 Å². The SMILES string of the molecule is Cl.NCc1nc(CN2CCC(C(O)c3ccc(Cl)cc3)CC2)no1. The Morgan fingerprint density at radius 3 is 2.54 bits per heavy atom. The molecule has 0 radical (unpaired) electrons. The van der Waals surface area contributed by atoms with Crippen LogP contribution >= 0.6 is 24.0 Å². The van der Waals surface area contributed by atoms with E-state index in [2.05, 4.69) is 15.0 Å². The van der Waals surface area contributed by atoms with Gasteiger partial charge in [-0.15, -0.1) is 12.4 Å². The van der Waals surface area contributed by atoms with Crippen LogP contribution in [0.5, 0.6) is 0 Å². The predicted molar refractivity (Wildman–Crippen MR) is 93.9 cm³/mol. The van der Waals surface area contributed by atoms with Crippen molar-refractivity contribution >= 4 is 24.0 Å². The molecule has 1 aliphatic heterocycles. The molecule has 2 heterocycles. The summed E-state index contributed by atoms with van der Waals surface area (Å²) in [5.41, 5.74) is 6.40. The fraction of sp³-hybridized carbons (Fsp3) is 0.500. The molecule has 8 heteroatoms. The number of hydrogen-bond donors (Lipinski definition) is 2. The molecule has 1 saturated heterocycles. The minimum atomic E-state index is -0.441. The molecule has 1 aromatic heterocycles. The minimum Gasteiger partial charge on any atom is -0.388 e. The number of hydrogen-bond acceptors (Lipinski definition) is 6. The van der Waals surface area contributed by atoms with Crippen molar-refractivity contribution in [2.24, 2.45) is 11.7 Å². The number of aliphatic hydroxyl groups is 1. The number of halogens is 2. The average molecular weight is 373 g/mol. The van der Waals surface area contributed by atoms with Crippen LogP contribution in [0.1, 0.15) is 36.2 Å². The van der Waals surface area contributed by atoms with Crippen LogP contribution in [0.25, 0.3) is 0 Å². The first-order valence-corrected chi connectivity index (χ1v) is 8.21. The molecule has 3 rings (SSSR count). The molecule has 0 amide bonds. The summed E-state index contributed by atoms with van der Waals surface area (Å²) in [7, 11) is 0. The van der Waals surface area contributed by atoms with Gasteiger partial charge in [0, 0.05) is 5.02 Å². The Morgan fingerprint density at radius 2 is 1.96 bits per heavy atom. The molecule has 6 nitrogen and oxygen atoms in total. The zero-order valence-electron chi connectivity index (χ0n) is 13.3. The molecule has 24 heavy (non-hydrogen) atoms. The number of nitrogens with zero attached hydrogens (tertiary/aromatic N) is 3. The number of nitrogens with two attached hydrogens (primary N) is 1. The second-order valence-corrected chi connectivity index (χ2v) is 6.35. The molecule has 132 valence electrons. The van der Waals surface area contributed by atoms with Crippen LogP contribution in [-0.4, -0.2) is 33.2 Å².